The van der Waals surface area contributed by atoms with Crippen LogP contribution in [-0.2, 0) is 15.4 Å². The van der Waals surface area contributed by atoms with Crippen molar-refractivity contribution in [2.45, 2.75) is 38.0 Å². The Bertz CT molecular complexity index is 999. The predicted molar refractivity (Wildman–Crippen MR) is 94.7 cm³/mol. The zero-order valence-electron chi connectivity index (χ0n) is 14.1. The molecule has 0 aliphatic heterocycles. The maximum atomic E-state index is 12.8. The standard InChI is InChI=1S/C18H20N2O3S/c1-12-19-16-10-9-13(11-17(16)23-12)24(21,22)20-15-8-6-5-7-14(15)18(2,3)4/h5-11,20H,1-4H3. The fourth-order valence-electron chi connectivity index (χ4n) is 2.62. The molecule has 0 saturated heterocycles. The molecule has 0 bridgehead atoms. The lowest BCUT2D eigenvalue weighted by atomic mass is 9.86. The van der Waals surface area contributed by atoms with E-state index in [9.17, 15) is 8.42 Å². The summed E-state index contributed by atoms with van der Waals surface area (Å²) in [6.45, 7) is 7.86. The molecule has 0 saturated carbocycles. The first-order chi connectivity index (χ1) is 11.2. The molecule has 2 aromatic carbocycles. The zero-order valence-corrected chi connectivity index (χ0v) is 14.9. The third kappa shape index (κ3) is 3.14. The molecule has 1 aromatic heterocycles. The molecule has 0 spiro atoms. The van der Waals surface area contributed by atoms with Crippen LogP contribution in [0.1, 0.15) is 32.2 Å². The first kappa shape index (κ1) is 16.5. The number of hydrogen-bond acceptors (Lipinski definition) is 4. The van der Waals surface area contributed by atoms with E-state index < -0.39 is 10.0 Å². The van der Waals surface area contributed by atoms with Gasteiger partial charge < -0.3 is 4.42 Å². The number of hydrogen-bond donors (Lipinski definition) is 1. The minimum absolute atomic E-state index is 0.148. The molecule has 0 aliphatic carbocycles. The van der Waals surface area contributed by atoms with Gasteiger partial charge in [-0.3, -0.25) is 4.72 Å². The monoisotopic (exact) mass is 344 g/mol. The molecule has 0 fully saturated rings. The molecule has 3 aromatic rings. The lowest BCUT2D eigenvalue weighted by Gasteiger charge is -2.23. The summed E-state index contributed by atoms with van der Waals surface area (Å²) in [6.07, 6.45) is 0. The molecule has 0 amide bonds. The van der Waals surface area contributed by atoms with Crippen LogP contribution in [0.4, 0.5) is 5.69 Å². The topological polar surface area (TPSA) is 72.2 Å². The second kappa shape index (κ2) is 5.63. The van der Waals surface area contributed by atoms with E-state index in [0.29, 0.717) is 22.7 Å². The number of oxazole rings is 1. The van der Waals surface area contributed by atoms with Crippen molar-refractivity contribution in [1.29, 1.82) is 0 Å². The summed E-state index contributed by atoms with van der Waals surface area (Å²) in [5.41, 5.74) is 2.44. The molecular formula is C18H20N2O3S. The smallest absolute Gasteiger partial charge is 0.262 e. The number of benzene rings is 2. The van der Waals surface area contributed by atoms with Gasteiger partial charge in [0.05, 0.1) is 10.6 Å². The number of aromatic nitrogens is 1. The third-order valence-electron chi connectivity index (χ3n) is 3.76. The highest BCUT2D eigenvalue weighted by Gasteiger charge is 2.22. The third-order valence-corrected chi connectivity index (χ3v) is 5.12. The van der Waals surface area contributed by atoms with Gasteiger partial charge in [0.25, 0.3) is 10.0 Å². The molecule has 5 nitrogen and oxygen atoms in total. The van der Waals surface area contributed by atoms with Crippen LogP contribution in [0.2, 0.25) is 0 Å². The summed E-state index contributed by atoms with van der Waals surface area (Å²) in [5, 5.41) is 0. The summed E-state index contributed by atoms with van der Waals surface area (Å²) in [6, 6.07) is 12.1. The molecule has 0 aliphatic rings. The fourth-order valence-corrected chi connectivity index (χ4v) is 3.71. The van der Waals surface area contributed by atoms with Crippen LogP contribution in [0.25, 0.3) is 11.1 Å². The van der Waals surface area contributed by atoms with E-state index in [1.54, 1.807) is 19.1 Å². The normalized spacial score (nSPS) is 12.5. The molecule has 1 heterocycles. The van der Waals surface area contributed by atoms with Crippen LogP contribution in [-0.4, -0.2) is 13.4 Å². The molecule has 0 radical (unpaired) electrons. The van der Waals surface area contributed by atoms with E-state index in [2.05, 4.69) is 9.71 Å². The first-order valence-corrected chi connectivity index (χ1v) is 9.15. The van der Waals surface area contributed by atoms with E-state index in [1.165, 1.54) is 12.1 Å². The molecular weight excluding hydrogens is 324 g/mol. The van der Waals surface area contributed by atoms with Crippen molar-refractivity contribution in [3.63, 3.8) is 0 Å². The van der Waals surface area contributed by atoms with Gasteiger partial charge in [-0.25, -0.2) is 13.4 Å². The van der Waals surface area contributed by atoms with Gasteiger partial charge in [0.15, 0.2) is 11.5 Å². The molecule has 0 atom stereocenters. The van der Waals surface area contributed by atoms with Crippen LogP contribution in [0.3, 0.4) is 0 Å². The number of fused-ring (bicyclic) bond motifs is 1. The predicted octanol–water partition coefficient (Wildman–Crippen LogP) is 4.23. The van der Waals surface area contributed by atoms with Crippen molar-refractivity contribution in [1.82, 2.24) is 4.98 Å². The molecule has 3 rings (SSSR count). The molecule has 24 heavy (non-hydrogen) atoms. The van der Waals surface area contributed by atoms with Crippen molar-refractivity contribution < 1.29 is 12.8 Å². The van der Waals surface area contributed by atoms with E-state index >= 15 is 0 Å². The van der Waals surface area contributed by atoms with Gasteiger partial charge in [0, 0.05) is 13.0 Å². The van der Waals surface area contributed by atoms with Gasteiger partial charge in [-0.05, 0) is 29.2 Å². The highest BCUT2D eigenvalue weighted by atomic mass is 32.2. The molecule has 6 heteroatoms. The van der Waals surface area contributed by atoms with Crippen LogP contribution in [0.5, 0.6) is 0 Å². The first-order valence-electron chi connectivity index (χ1n) is 7.66. The van der Waals surface area contributed by atoms with Gasteiger partial charge in [-0.1, -0.05) is 39.0 Å². The average molecular weight is 344 g/mol. The van der Waals surface area contributed by atoms with Gasteiger partial charge in [0.1, 0.15) is 5.52 Å². The second-order valence-corrected chi connectivity index (χ2v) is 8.45. The Morgan fingerprint density at radius 1 is 1.08 bits per heavy atom. The minimum Gasteiger partial charge on any atom is -0.441 e. The van der Waals surface area contributed by atoms with E-state index in [-0.39, 0.29) is 10.3 Å². The summed E-state index contributed by atoms with van der Waals surface area (Å²) in [5.74, 6) is 0.505. The van der Waals surface area contributed by atoms with Crippen molar-refractivity contribution >= 4 is 26.8 Å². The number of nitrogens with one attached hydrogen (secondary N) is 1. The lowest BCUT2D eigenvalue weighted by molar-refractivity contribution is 0.559. The number of nitrogens with zero attached hydrogens (tertiary/aromatic N) is 1. The minimum atomic E-state index is -3.72. The largest absolute Gasteiger partial charge is 0.441 e. The van der Waals surface area contributed by atoms with Gasteiger partial charge in [-0.15, -0.1) is 0 Å². The van der Waals surface area contributed by atoms with Gasteiger partial charge >= 0.3 is 0 Å². The van der Waals surface area contributed by atoms with Crippen LogP contribution in [0, 0.1) is 6.92 Å². The van der Waals surface area contributed by atoms with Crippen molar-refractivity contribution in [2.75, 3.05) is 4.72 Å². The Morgan fingerprint density at radius 2 is 1.79 bits per heavy atom. The summed E-state index contributed by atoms with van der Waals surface area (Å²) >= 11 is 0. The highest BCUT2D eigenvalue weighted by Crippen LogP contribution is 2.31. The zero-order chi connectivity index (χ0) is 17.5. The summed E-state index contributed by atoms with van der Waals surface area (Å²) in [4.78, 5) is 4.33. The molecule has 0 unspecified atom stereocenters. The van der Waals surface area contributed by atoms with E-state index in [4.69, 9.17) is 4.42 Å². The Balaban J connectivity index is 2.02. The summed E-state index contributed by atoms with van der Waals surface area (Å²) in [7, 11) is -3.72. The number of sulfonamides is 1. The highest BCUT2D eigenvalue weighted by molar-refractivity contribution is 7.92. The SMILES string of the molecule is Cc1nc2ccc(S(=O)(=O)Nc3ccccc3C(C)(C)C)cc2o1. The van der Waals surface area contributed by atoms with Crippen molar-refractivity contribution in [2.24, 2.45) is 0 Å². The Hall–Kier alpha value is -2.34. The Labute approximate surface area is 141 Å². The Morgan fingerprint density at radius 3 is 2.50 bits per heavy atom. The number of aryl methyl sites for hydroxylation is 1. The van der Waals surface area contributed by atoms with Crippen molar-refractivity contribution in [3.05, 3.63) is 53.9 Å². The van der Waals surface area contributed by atoms with Crippen LogP contribution < -0.4 is 4.72 Å². The number of rotatable bonds is 3. The molecule has 126 valence electrons. The second-order valence-electron chi connectivity index (χ2n) is 6.76. The number of para-hydroxylation sites is 1. The maximum Gasteiger partial charge on any atom is 0.262 e. The van der Waals surface area contributed by atoms with Gasteiger partial charge in [0.2, 0.25) is 0 Å². The summed E-state index contributed by atoms with van der Waals surface area (Å²) < 4.78 is 33.6. The van der Waals surface area contributed by atoms with Crippen LogP contribution in [0.15, 0.2) is 51.8 Å². The van der Waals surface area contributed by atoms with Crippen molar-refractivity contribution in [3.8, 4) is 0 Å². The van der Waals surface area contributed by atoms with Crippen LogP contribution >= 0.6 is 0 Å². The maximum absolute atomic E-state index is 12.8. The number of anilines is 1. The quantitative estimate of drug-likeness (QED) is 0.771. The fraction of sp³-hybridized carbons (Fsp3) is 0.278. The van der Waals surface area contributed by atoms with E-state index in [1.807, 2.05) is 39.0 Å². The van der Waals surface area contributed by atoms with E-state index in [0.717, 1.165) is 5.56 Å². The van der Waals surface area contributed by atoms with Gasteiger partial charge in [-0.2, -0.15) is 0 Å². The average Bonchev–Trinajstić information content (AvgIpc) is 2.85. The lowest BCUT2D eigenvalue weighted by Crippen LogP contribution is -2.19. The Kier molecular flexibility index (Phi) is 3.87. The molecule has 1 N–H and O–H groups in total.